The van der Waals surface area contributed by atoms with Crippen molar-refractivity contribution in [3.8, 4) is 0 Å². The minimum atomic E-state index is -0.967. The Hall–Kier alpha value is -2.30. The van der Waals surface area contributed by atoms with E-state index >= 15 is 0 Å². The highest BCUT2D eigenvalue weighted by atomic mass is 16.4. The van der Waals surface area contributed by atoms with Gasteiger partial charge in [-0.05, 0) is 12.0 Å². The topological polar surface area (TPSA) is 69.6 Å². The van der Waals surface area contributed by atoms with Crippen molar-refractivity contribution < 1.29 is 14.7 Å². The van der Waals surface area contributed by atoms with Gasteiger partial charge in [0.15, 0.2) is 0 Å². The van der Waals surface area contributed by atoms with Crippen LogP contribution in [0.2, 0.25) is 0 Å². The molecule has 0 bridgehead atoms. The molecule has 1 aliphatic rings. The number of nitrogens with one attached hydrogen (secondary N) is 1. The van der Waals surface area contributed by atoms with Crippen molar-refractivity contribution in [2.24, 2.45) is 0 Å². The maximum Gasteiger partial charge on any atom is 0.407 e. The average Bonchev–Trinajstić information content (AvgIpc) is 2.41. The molecule has 2 atom stereocenters. The Morgan fingerprint density at radius 2 is 2.00 bits per heavy atom. The Balaban J connectivity index is 2.11. The van der Waals surface area contributed by atoms with Crippen molar-refractivity contribution in [2.45, 2.75) is 25.4 Å². The van der Waals surface area contributed by atoms with Crippen molar-refractivity contribution in [1.29, 1.82) is 0 Å². The first kappa shape index (κ1) is 14.1. The first-order chi connectivity index (χ1) is 9.56. The molecule has 1 aromatic carbocycles. The summed E-state index contributed by atoms with van der Waals surface area (Å²) < 4.78 is 0. The lowest BCUT2D eigenvalue weighted by Crippen LogP contribution is -2.51. The van der Waals surface area contributed by atoms with Gasteiger partial charge < -0.3 is 10.4 Å². The second-order valence-electron chi connectivity index (χ2n) is 4.88. The number of nitrogens with zero attached hydrogens (tertiary/aromatic N) is 1. The number of hydrogen-bond donors (Lipinski definition) is 2. The Morgan fingerprint density at radius 3 is 2.60 bits per heavy atom. The number of amides is 2. The maximum absolute atomic E-state index is 11.4. The van der Waals surface area contributed by atoms with E-state index in [0.29, 0.717) is 6.42 Å². The van der Waals surface area contributed by atoms with Crippen LogP contribution in [0.3, 0.4) is 0 Å². The van der Waals surface area contributed by atoms with Crippen molar-refractivity contribution in [2.75, 3.05) is 6.54 Å². The number of carbonyl (C=O) groups is 2. The number of carboxylic acid groups (broad SMARTS) is 1. The summed E-state index contributed by atoms with van der Waals surface area (Å²) in [6.45, 7) is 1.71. The van der Waals surface area contributed by atoms with E-state index < -0.39 is 6.09 Å². The molecule has 106 valence electrons. The molecule has 0 saturated heterocycles. The zero-order chi connectivity index (χ0) is 14.5. The fourth-order valence-electron chi connectivity index (χ4n) is 2.38. The third-order valence-corrected chi connectivity index (χ3v) is 3.28. The minimum absolute atomic E-state index is 0.161. The lowest BCUT2D eigenvalue weighted by Gasteiger charge is -2.34. The molecule has 20 heavy (non-hydrogen) atoms. The highest BCUT2D eigenvalue weighted by Gasteiger charge is 2.28. The summed E-state index contributed by atoms with van der Waals surface area (Å²) in [5, 5.41) is 12.0. The van der Waals surface area contributed by atoms with Gasteiger partial charge in [0.1, 0.15) is 0 Å². The van der Waals surface area contributed by atoms with Gasteiger partial charge in [-0.3, -0.25) is 9.69 Å². The highest BCUT2D eigenvalue weighted by molar-refractivity contribution is 5.74. The number of benzene rings is 1. The van der Waals surface area contributed by atoms with Gasteiger partial charge >= 0.3 is 6.09 Å². The molecule has 2 rings (SSSR count). The van der Waals surface area contributed by atoms with Crippen molar-refractivity contribution in [3.05, 3.63) is 48.0 Å². The molecule has 1 aliphatic heterocycles. The molecule has 2 unspecified atom stereocenters. The first-order valence-corrected chi connectivity index (χ1v) is 6.55. The summed E-state index contributed by atoms with van der Waals surface area (Å²) in [5.74, 6) is -0.161. The van der Waals surface area contributed by atoms with E-state index in [9.17, 15) is 14.7 Å². The quantitative estimate of drug-likeness (QED) is 0.823. The second kappa shape index (κ2) is 6.23. The standard InChI is InChI=1S/C15H18N2O3/c1-11(18)16-13-7-8-14(17(10-13)15(19)20)9-12-5-3-2-4-6-12/h2-8,13-14H,9-10H2,1H3,(H,16,18)(H,19,20). The molecule has 2 N–H and O–H groups in total. The van der Waals surface area contributed by atoms with Gasteiger partial charge in [0, 0.05) is 13.5 Å². The van der Waals surface area contributed by atoms with E-state index in [2.05, 4.69) is 5.32 Å². The van der Waals surface area contributed by atoms with E-state index in [4.69, 9.17) is 0 Å². The van der Waals surface area contributed by atoms with Crippen LogP contribution in [0.25, 0.3) is 0 Å². The Bertz CT molecular complexity index is 513. The monoisotopic (exact) mass is 274 g/mol. The molecule has 0 aliphatic carbocycles. The number of rotatable bonds is 3. The molecular weight excluding hydrogens is 256 g/mol. The van der Waals surface area contributed by atoms with Gasteiger partial charge in [0.2, 0.25) is 5.91 Å². The van der Waals surface area contributed by atoms with Gasteiger partial charge in [-0.25, -0.2) is 4.79 Å². The number of hydrogen-bond acceptors (Lipinski definition) is 2. The van der Waals surface area contributed by atoms with Crippen LogP contribution >= 0.6 is 0 Å². The lowest BCUT2D eigenvalue weighted by molar-refractivity contribution is -0.119. The molecule has 0 spiro atoms. The van der Waals surface area contributed by atoms with Crippen molar-refractivity contribution >= 4 is 12.0 Å². The molecule has 0 aromatic heterocycles. The van der Waals surface area contributed by atoms with Gasteiger partial charge in [-0.15, -0.1) is 0 Å². The fraction of sp³-hybridized carbons (Fsp3) is 0.333. The molecule has 0 saturated carbocycles. The van der Waals surface area contributed by atoms with Crippen LogP contribution in [-0.2, 0) is 11.2 Å². The summed E-state index contributed by atoms with van der Waals surface area (Å²) in [6, 6.07) is 9.32. The van der Waals surface area contributed by atoms with Gasteiger partial charge in [0.05, 0.1) is 12.1 Å². The van der Waals surface area contributed by atoms with E-state index in [1.165, 1.54) is 11.8 Å². The summed E-state index contributed by atoms with van der Waals surface area (Å²) in [5.41, 5.74) is 1.09. The second-order valence-corrected chi connectivity index (χ2v) is 4.88. The Morgan fingerprint density at radius 1 is 1.30 bits per heavy atom. The fourth-order valence-corrected chi connectivity index (χ4v) is 2.38. The maximum atomic E-state index is 11.4. The van der Waals surface area contributed by atoms with E-state index in [-0.39, 0.29) is 24.5 Å². The van der Waals surface area contributed by atoms with E-state index in [0.717, 1.165) is 5.56 Å². The van der Waals surface area contributed by atoms with Gasteiger partial charge in [-0.1, -0.05) is 42.5 Å². The van der Waals surface area contributed by atoms with Crippen LogP contribution in [0.5, 0.6) is 0 Å². The first-order valence-electron chi connectivity index (χ1n) is 6.55. The predicted molar refractivity (Wildman–Crippen MR) is 75.4 cm³/mol. The van der Waals surface area contributed by atoms with Crippen LogP contribution in [0.15, 0.2) is 42.5 Å². The van der Waals surface area contributed by atoms with Crippen LogP contribution in [0.4, 0.5) is 4.79 Å². The van der Waals surface area contributed by atoms with Crippen LogP contribution < -0.4 is 5.32 Å². The summed E-state index contributed by atoms with van der Waals surface area (Å²) in [6.07, 6.45) is 3.39. The highest BCUT2D eigenvalue weighted by Crippen LogP contribution is 2.16. The van der Waals surface area contributed by atoms with E-state index in [1.807, 2.05) is 42.5 Å². The number of carbonyl (C=O) groups excluding carboxylic acids is 1. The molecule has 1 aromatic rings. The lowest BCUT2D eigenvalue weighted by atomic mass is 10.00. The Kier molecular flexibility index (Phi) is 4.40. The molecule has 1 heterocycles. The normalized spacial score (nSPS) is 21.6. The average molecular weight is 274 g/mol. The van der Waals surface area contributed by atoms with E-state index in [1.54, 1.807) is 0 Å². The predicted octanol–water partition coefficient (Wildman–Crippen LogP) is 1.65. The summed E-state index contributed by atoms with van der Waals surface area (Å²) in [7, 11) is 0. The summed E-state index contributed by atoms with van der Waals surface area (Å²) >= 11 is 0. The molecule has 0 fully saturated rings. The molecule has 5 heteroatoms. The summed E-state index contributed by atoms with van der Waals surface area (Å²) in [4.78, 5) is 23.8. The Labute approximate surface area is 117 Å². The van der Waals surface area contributed by atoms with Crippen molar-refractivity contribution in [3.63, 3.8) is 0 Å². The van der Waals surface area contributed by atoms with Crippen molar-refractivity contribution in [1.82, 2.24) is 10.2 Å². The smallest absolute Gasteiger partial charge is 0.407 e. The zero-order valence-electron chi connectivity index (χ0n) is 11.3. The van der Waals surface area contributed by atoms with Gasteiger partial charge in [0.25, 0.3) is 0 Å². The molecular formula is C15H18N2O3. The molecule has 5 nitrogen and oxygen atoms in total. The molecule has 2 amide bonds. The third kappa shape index (κ3) is 3.60. The van der Waals surface area contributed by atoms with Gasteiger partial charge in [-0.2, -0.15) is 0 Å². The largest absolute Gasteiger partial charge is 0.465 e. The minimum Gasteiger partial charge on any atom is -0.465 e. The van der Waals surface area contributed by atoms with Crippen LogP contribution in [0.1, 0.15) is 12.5 Å². The van der Waals surface area contributed by atoms with Crippen LogP contribution in [-0.4, -0.2) is 40.6 Å². The molecule has 0 radical (unpaired) electrons. The van der Waals surface area contributed by atoms with Crippen LogP contribution in [0, 0.1) is 0 Å². The third-order valence-electron chi connectivity index (χ3n) is 3.28. The zero-order valence-corrected chi connectivity index (χ0v) is 11.3. The SMILES string of the molecule is CC(=O)NC1C=CC(Cc2ccccc2)N(C(=O)O)C1.